The van der Waals surface area contributed by atoms with E-state index >= 15 is 0 Å². The highest BCUT2D eigenvalue weighted by atomic mass is 79.9. The number of ether oxygens (including phenoxy) is 2. The molecule has 1 heterocycles. The van der Waals surface area contributed by atoms with E-state index in [1.807, 2.05) is 0 Å². The van der Waals surface area contributed by atoms with Gasteiger partial charge in [-0.05, 0) is 40.6 Å². The Bertz CT molecular complexity index is 392. The van der Waals surface area contributed by atoms with Gasteiger partial charge in [0.05, 0.1) is 23.0 Å². The molecule has 2 rings (SSSR count). The van der Waals surface area contributed by atoms with Gasteiger partial charge in [0.1, 0.15) is 11.9 Å². The first kappa shape index (κ1) is 13.6. The Morgan fingerprint density at radius 3 is 2.76 bits per heavy atom. The van der Waals surface area contributed by atoms with E-state index in [9.17, 15) is 0 Å². The Kier molecular flexibility index (Phi) is 5.09. The summed E-state index contributed by atoms with van der Waals surface area (Å²) >= 11 is 7.00. The summed E-state index contributed by atoms with van der Waals surface area (Å²) in [5.74, 6) is 0.995. The number of rotatable bonds is 4. The van der Waals surface area contributed by atoms with Gasteiger partial charge in [-0.1, -0.05) is 0 Å². The van der Waals surface area contributed by atoms with Crippen molar-refractivity contribution in [3.63, 3.8) is 0 Å². The minimum absolute atomic E-state index is 0.195. The van der Waals surface area contributed by atoms with Crippen molar-refractivity contribution in [2.45, 2.75) is 22.3 Å². The van der Waals surface area contributed by atoms with Crippen LogP contribution in [-0.4, -0.2) is 31.8 Å². The highest BCUT2D eigenvalue weighted by molar-refractivity contribution is 9.10. The molecule has 2 nitrogen and oxygen atoms in total. The van der Waals surface area contributed by atoms with Crippen LogP contribution in [0.3, 0.4) is 0 Å². The molecule has 1 saturated heterocycles. The molecule has 1 atom stereocenters. The maximum atomic E-state index is 6.10. The van der Waals surface area contributed by atoms with Crippen molar-refractivity contribution in [3.8, 4) is 5.75 Å². The molecule has 0 saturated carbocycles. The van der Waals surface area contributed by atoms with E-state index < -0.39 is 0 Å². The van der Waals surface area contributed by atoms with Crippen LogP contribution in [0.5, 0.6) is 5.75 Å². The summed E-state index contributed by atoms with van der Waals surface area (Å²) in [5.41, 5.74) is 0. The quantitative estimate of drug-likeness (QED) is 0.772. The van der Waals surface area contributed by atoms with Gasteiger partial charge < -0.3 is 9.47 Å². The molecule has 0 spiro atoms. The Balaban J connectivity index is 2.30. The molecule has 1 aliphatic rings. The van der Waals surface area contributed by atoms with E-state index in [1.54, 1.807) is 23.5 Å². The normalized spacial score (nSPS) is 19.6. The molecular formula is C12H15BrO2S2. The van der Waals surface area contributed by atoms with Crippen molar-refractivity contribution in [1.29, 1.82) is 0 Å². The summed E-state index contributed by atoms with van der Waals surface area (Å²) in [4.78, 5) is 2.35. The first-order valence-corrected chi connectivity index (χ1v) is 8.65. The summed E-state index contributed by atoms with van der Waals surface area (Å²) in [6, 6.07) is 4.18. The number of hydrogen-bond acceptors (Lipinski definition) is 4. The van der Waals surface area contributed by atoms with Crippen LogP contribution in [0.25, 0.3) is 0 Å². The van der Waals surface area contributed by atoms with Gasteiger partial charge in [-0.15, -0.1) is 23.5 Å². The van der Waals surface area contributed by atoms with Crippen molar-refractivity contribution in [1.82, 2.24) is 0 Å². The lowest BCUT2D eigenvalue weighted by Gasteiger charge is -2.18. The second-order valence-electron chi connectivity index (χ2n) is 3.72. The van der Waals surface area contributed by atoms with Crippen molar-refractivity contribution in [2.24, 2.45) is 0 Å². The van der Waals surface area contributed by atoms with E-state index in [1.165, 1.54) is 9.79 Å². The van der Waals surface area contributed by atoms with Gasteiger partial charge in [0.25, 0.3) is 0 Å². The van der Waals surface area contributed by atoms with Gasteiger partial charge in [-0.3, -0.25) is 0 Å². The molecule has 0 aliphatic carbocycles. The standard InChI is InChI=1S/C12H15BrO2S2/c1-16-10-4-3-9(13)12(17-2)11(10)15-8-5-6-14-7-8/h3-4,8H,5-7H2,1-2H3. The number of benzene rings is 1. The molecule has 17 heavy (non-hydrogen) atoms. The van der Waals surface area contributed by atoms with Gasteiger partial charge in [0.2, 0.25) is 0 Å². The number of thioether (sulfide) groups is 2. The fourth-order valence-electron chi connectivity index (χ4n) is 1.76. The Morgan fingerprint density at radius 2 is 2.18 bits per heavy atom. The number of halogens is 1. The van der Waals surface area contributed by atoms with Gasteiger partial charge in [0, 0.05) is 10.9 Å². The van der Waals surface area contributed by atoms with Crippen LogP contribution in [0.1, 0.15) is 6.42 Å². The van der Waals surface area contributed by atoms with E-state index in [-0.39, 0.29) is 6.10 Å². The SMILES string of the molecule is CSc1ccc(Br)c(SC)c1OC1CCOC1. The van der Waals surface area contributed by atoms with Crippen LogP contribution in [0.2, 0.25) is 0 Å². The van der Waals surface area contributed by atoms with Crippen LogP contribution in [0.15, 0.2) is 26.4 Å². The van der Waals surface area contributed by atoms with E-state index in [0.717, 1.165) is 23.2 Å². The van der Waals surface area contributed by atoms with Crippen LogP contribution in [0.4, 0.5) is 0 Å². The summed E-state index contributed by atoms with van der Waals surface area (Å²) in [7, 11) is 0. The van der Waals surface area contributed by atoms with Crippen molar-refractivity contribution in [3.05, 3.63) is 16.6 Å². The zero-order valence-corrected chi connectivity index (χ0v) is 13.1. The Labute approximate surface area is 119 Å². The van der Waals surface area contributed by atoms with Crippen LogP contribution in [-0.2, 0) is 4.74 Å². The topological polar surface area (TPSA) is 18.5 Å². The van der Waals surface area contributed by atoms with Gasteiger partial charge >= 0.3 is 0 Å². The molecule has 0 amide bonds. The predicted octanol–water partition coefficient (Wildman–Crippen LogP) is 4.06. The fourth-order valence-corrected chi connectivity index (χ4v) is 3.76. The van der Waals surface area contributed by atoms with Gasteiger partial charge in [0.15, 0.2) is 0 Å². The van der Waals surface area contributed by atoms with Crippen molar-refractivity contribution in [2.75, 3.05) is 25.7 Å². The molecule has 5 heteroatoms. The molecule has 94 valence electrons. The van der Waals surface area contributed by atoms with E-state index in [4.69, 9.17) is 9.47 Å². The van der Waals surface area contributed by atoms with Crippen LogP contribution in [0, 0.1) is 0 Å². The lowest BCUT2D eigenvalue weighted by atomic mass is 10.3. The highest BCUT2D eigenvalue weighted by Crippen LogP contribution is 2.42. The Morgan fingerprint density at radius 1 is 1.35 bits per heavy atom. The average molecular weight is 335 g/mol. The van der Waals surface area contributed by atoms with Gasteiger partial charge in [-0.25, -0.2) is 0 Å². The second kappa shape index (κ2) is 6.36. The molecule has 1 aliphatic heterocycles. The molecule has 1 fully saturated rings. The lowest BCUT2D eigenvalue weighted by Crippen LogP contribution is -2.16. The largest absolute Gasteiger partial charge is 0.486 e. The predicted molar refractivity (Wildman–Crippen MR) is 77.6 cm³/mol. The maximum absolute atomic E-state index is 6.10. The molecule has 0 radical (unpaired) electrons. The molecule has 1 aromatic rings. The smallest absolute Gasteiger partial charge is 0.148 e. The van der Waals surface area contributed by atoms with Crippen molar-refractivity contribution < 1.29 is 9.47 Å². The van der Waals surface area contributed by atoms with Gasteiger partial charge in [-0.2, -0.15) is 0 Å². The summed E-state index contributed by atoms with van der Waals surface area (Å²) < 4.78 is 12.6. The monoisotopic (exact) mass is 334 g/mol. The van der Waals surface area contributed by atoms with Crippen molar-refractivity contribution >= 4 is 39.5 Å². The summed E-state index contributed by atoms with van der Waals surface area (Å²) in [6.07, 6.45) is 5.32. The van der Waals surface area contributed by atoms with Crippen LogP contribution < -0.4 is 4.74 Å². The van der Waals surface area contributed by atoms with E-state index in [2.05, 4.69) is 40.6 Å². The third-order valence-electron chi connectivity index (χ3n) is 2.62. The third-order valence-corrected chi connectivity index (χ3v) is 5.12. The third kappa shape index (κ3) is 3.13. The molecule has 0 aromatic heterocycles. The summed E-state index contributed by atoms with van der Waals surface area (Å²) in [5, 5.41) is 0. The summed E-state index contributed by atoms with van der Waals surface area (Å²) in [6.45, 7) is 1.51. The highest BCUT2D eigenvalue weighted by Gasteiger charge is 2.21. The first-order chi connectivity index (χ1) is 8.26. The minimum Gasteiger partial charge on any atom is -0.486 e. The van der Waals surface area contributed by atoms with Crippen LogP contribution >= 0.6 is 39.5 Å². The zero-order chi connectivity index (χ0) is 12.3. The zero-order valence-electron chi connectivity index (χ0n) is 9.86. The molecule has 1 aromatic carbocycles. The molecule has 0 bridgehead atoms. The molecule has 1 unspecified atom stereocenters. The maximum Gasteiger partial charge on any atom is 0.148 e. The first-order valence-electron chi connectivity index (χ1n) is 5.41. The fraction of sp³-hybridized carbons (Fsp3) is 0.500. The second-order valence-corrected chi connectivity index (χ2v) is 6.23. The minimum atomic E-state index is 0.195. The lowest BCUT2D eigenvalue weighted by molar-refractivity contribution is 0.137. The average Bonchev–Trinajstić information content (AvgIpc) is 2.83. The Hall–Kier alpha value is 0.160. The van der Waals surface area contributed by atoms with E-state index in [0.29, 0.717) is 6.61 Å². The molecular weight excluding hydrogens is 320 g/mol. The molecule has 0 N–H and O–H groups in total. The number of hydrogen-bond donors (Lipinski definition) is 0.